The van der Waals surface area contributed by atoms with Crippen molar-refractivity contribution in [3.05, 3.63) is 57.4 Å². The van der Waals surface area contributed by atoms with Crippen LogP contribution in [0.4, 0.5) is 0 Å². The lowest BCUT2D eigenvalue weighted by Gasteiger charge is -2.26. The molecule has 0 N–H and O–H groups in total. The van der Waals surface area contributed by atoms with Crippen molar-refractivity contribution in [2.45, 2.75) is 20.3 Å². The summed E-state index contributed by atoms with van der Waals surface area (Å²) in [6, 6.07) is 8.31. The summed E-state index contributed by atoms with van der Waals surface area (Å²) in [5.41, 5.74) is 3.66. The van der Waals surface area contributed by atoms with Crippen molar-refractivity contribution in [3.8, 4) is 0 Å². The monoisotopic (exact) mass is 411 g/mol. The molecule has 8 heteroatoms. The molecule has 30 heavy (non-hydrogen) atoms. The Labute approximate surface area is 174 Å². The number of ether oxygens (including phenoxy) is 2. The van der Waals surface area contributed by atoms with Crippen LogP contribution in [-0.4, -0.2) is 50.3 Å². The maximum Gasteiger partial charge on any atom is 0.310 e. The number of esters is 1. The first kappa shape index (κ1) is 20.3. The number of carbonyl (C=O) groups is 1. The largest absolute Gasteiger partial charge is 0.617 e. The Hall–Kier alpha value is -2.97. The van der Waals surface area contributed by atoms with Gasteiger partial charge in [-0.05, 0) is 30.5 Å². The van der Waals surface area contributed by atoms with Crippen molar-refractivity contribution in [2.24, 2.45) is 0 Å². The van der Waals surface area contributed by atoms with Crippen molar-refractivity contribution in [3.63, 3.8) is 0 Å². The summed E-state index contributed by atoms with van der Waals surface area (Å²) in [4.78, 5) is 14.4. The van der Waals surface area contributed by atoms with Gasteiger partial charge < -0.3 is 19.9 Å². The first-order chi connectivity index (χ1) is 14.4. The van der Waals surface area contributed by atoms with Crippen LogP contribution >= 0.6 is 0 Å². The second-order valence-electron chi connectivity index (χ2n) is 7.69. The molecule has 1 saturated heterocycles. The topological polar surface area (TPSA) is 92.6 Å². The second kappa shape index (κ2) is 8.41. The minimum absolute atomic E-state index is 0.0445. The highest BCUT2D eigenvalue weighted by Gasteiger charge is 2.23. The fraction of sp³-hybridized carbons (Fsp3) is 0.409. The molecule has 0 bridgehead atoms. The van der Waals surface area contributed by atoms with Crippen LogP contribution < -0.4 is 9.46 Å². The van der Waals surface area contributed by atoms with Crippen molar-refractivity contribution in [1.82, 2.24) is 4.90 Å². The van der Waals surface area contributed by atoms with E-state index in [4.69, 9.17) is 9.47 Å². The first-order valence-corrected chi connectivity index (χ1v) is 10.1. The highest BCUT2D eigenvalue weighted by Crippen LogP contribution is 2.18. The van der Waals surface area contributed by atoms with Gasteiger partial charge in [0.2, 0.25) is 0 Å². The Morgan fingerprint density at radius 1 is 1.00 bits per heavy atom. The average molecular weight is 411 g/mol. The summed E-state index contributed by atoms with van der Waals surface area (Å²) in [5.74, 6) is -0.359. The Kier molecular flexibility index (Phi) is 5.69. The SMILES string of the molecule is Cc1cc2c(cc1C)[n+]([O-])c1cc(CC(=O)OCCN3CCOCC3)ccc1[n+]2[O-]. The van der Waals surface area contributed by atoms with Crippen LogP contribution in [-0.2, 0) is 20.7 Å². The molecule has 0 amide bonds. The smallest absolute Gasteiger partial charge is 0.310 e. The van der Waals surface area contributed by atoms with Gasteiger partial charge in [0.1, 0.15) is 6.61 Å². The summed E-state index contributed by atoms with van der Waals surface area (Å²) >= 11 is 0. The highest BCUT2D eigenvalue weighted by atomic mass is 16.5. The van der Waals surface area contributed by atoms with Gasteiger partial charge in [0.05, 0.1) is 19.6 Å². The minimum Gasteiger partial charge on any atom is -0.617 e. The summed E-state index contributed by atoms with van der Waals surface area (Å²) in [6.45, 7) is 7.88. The number of aryl methyl sites for hydroxylation is 2. The number of rotatable bonds is 5. The Morgan fingerprint density at radius 2 is 1.60 bits per heavy atom. The molecule has 3 aromatic rings. The quantitative estimate of drug-likeness (QED) is 0.272. The zero-order valence-corrected chi connectivity index (χ0v) is 17.2. The van der Waals surface area contributed by atoms with Gasteiger partial charge in [0.15, 0.2) is 0 Å². The molecule has 0 radical (unpaired) electrons. The average Bonchev–Trinajstić information content (AvgIpc) is 2.74. The van der Waals surface area contributed by atoms with Gasteiger partial charge in [-0.1, -0.05) is 6.07 Å². The van der Waals surface area contributed by atoms with Gasteiger partial charge >= 0.3 is 5.97 Å². The number of nitrogens with zero attached hydrogens (tertiary/aromatic N) is 3. The van der Waals surface area contributed by atoms with Crippen LogP contribution in [0.3, 0.4) is 0 Å². The molecule has 2 aromatic carbocycles. The lowest BCUT2D eigenvalue weighted by Crippen LogP contribution is -2.39. The van der Waals surface area contributed by atoms with Crippen LogP contribution in [0.2, 0.25) is 0 Å². The maximum atomic E-state index is 12.9. The lowest BCUT2D eigenvalue weighted by atomic mass is 10.1. The van der Waals surface area contributed by atoms with Gasteiger partial charge in [-0.2, -0.15) is 9.46 Å². The number of carbonyl (C=O) groups excluding carboxylic acids is 1. The number of morpholine rings is 1. The minimum atomic E-state index is -0.359. The third-order valence-corrected chi connectivity index (χ3v) is 5.63. The van der Waals surface area contributed by atoms with E-state index in [2.05, 4.69) is 4.90 Å². The number of hydrogen-bond acceptors (Lipinski definition) is 6. The molecule has 0 saturated carbocycles. The normalized spacial score (nSPS) is 15.0. The van der Waals surface area contributed by atoms with Gasteiger partial charge in [-0.15, -0.1) is 0 Å². The zero-order valence-electron chi connectivity index (χ0n) is 17.2. The van der Waals surface area contributed by atoms with Crippen LogP contribution in [0.1, 0.15) is 16.7 Å². The van der Waals surface area contributed by atoms with Crippen molar-refractivity contribution < 1.29 is 23.7 Å². The predicted octanol–water partition coefficient (Wildman–Crippen LogP) is 1.29. The van der Waals surface area contributed by atoms with Crippen molar-refractivity contribution >= 4 is 28.0 Å². The molecule has 158 valence electrons. The summed E-state index contributed by atoms with van der Waals surface area (Å²) in [7, 11) is 0. The highest BCUT2D eigenvalue weighted by molar-refractivity contribution is 5.79. The first-order valence-electron chi connectivity index (χ1n) is 10.1. The molecule has 0 atom stereocenters. The van der Waals surface area contributed by atoms with Crippen molar-refractivity contribution in [1.29, 1.82) is 0 Å². The summed E-state index contributed by atoms with van der Waals surface area (Å²) in [5, 5.41) is 25.7. The van der Waals surface area contributed by atoms with E-state index in [9.17, 15) is 15.2 Å². The third kappa shape index (κ3) is 4.01. The van der Waals surface area contributed by atoms with Gasteiger partial charge in [0, 0.05) is 43.9 Å². The van der Waals surface area contributed by atoms with E-state index in [1.165, 1.54) is 0 Å². The van der Waals surface area contributed by atoms with Crippen LogP contribution in [0.5, 0.6) is 0 Å². The molecule has 1 fully saturated rings. The van der Waals surface area contributed by atoms with E-state index in [1.54, 1.807) is 30.3 Å². The molecular weight excluding hydrogens is 386 g/mol. The lowest BCUT2D eigenvalue weighted by molar-refractivity contribution is -0.591. The molecule has 2 heterocycles. The Morgan fingerprint density at radius 3 is 2.27 bits per heavy atom. The molecule has 0 spiro atoms. The molecular formula is C22H25N3O5. The fourth-order valence-corrected chi connectivity index (χ4v) is 3.72. The molecule has 1 aromatic heterocycles. The van der Waals surface area contributed by atoms with E-state index >= 15 is 0 Å². The molecule has 8 nitrogen and oxygen atoms in total. The van der Waals surface area contributed by atoms with Gasteiger partial charge in [-0.3, -0.25) is 9.69 Å². The zero-order chi connectivity index (χ0) is 21.3. The van der Waals surface area contributed by atoms with E-state index in [0.717, 1.165) is 33.7 Å². The van der Waals surface area contributed by atoms with Gasteiger partial charge in [-0.25, -0.2) is 0 Å². The molecule has 1 aliphatic heterocycles. The number of fused-ring (bicyclic) bond motifs is 2. The van der Waals surface area contributed by atoms with E-state index < -0.39 is 0 Å². The molecule has 0 aliphatic carbocycles. The van der Waals surface area contributed by atoms with Gasteiger partial charge in [0.25, 0.3) is 22.1 Å². The Balaban J connectivity index is 1.52. The number of benzene rings is 2. The predicted molar refractivity (Wildman–Crippen MR) is 111 cm³/mol. The molecule has 0 unspecified atom stereocenters. The van der Waals surface area contributed by atoms with Crippen LogP contribution in [0.15, 0.2) is 30.3 Å². The van der Waals surface area contributed by atoms with E-state index in [-0.39, 0.29) is 23.4 Å². The maximum absolute atomic E-state index is 12.9. The third-order valence-electron chi connectivity index (χ3n) is 5.63. The molecule has 4 rings (SSSR count). The second-order valence-corrected chi connectivity index (χ2v) is 7.69. The fourth-order valence-electron chi connectivity index (χ4n) is 3.72. The number of hydrogen-bond donors (Lipinski definition) is 0. The summed E-state index contributed by atoms with van der Waals surface area (Å²) < 4.78 is 12.2. The van der Waals surface area contributed by atoms with E-state index in [1.807, 2.05) is 13.8 Å². The standard InChI is InChI=1S/C22H25N3O5/c1-15-11-19-20(12-16(15)2)25(28)21-13-17(3-4-18(21)24(19)27)14-22(26)30-10-7-23-5-8-29-9-6-23/h3-4,11-13H,5-10,14H2,1-2H3. The van der Waals surface area contributed by atoms with Crippen LogP contribution in [0.25, 0.3) is 22.1 Å². The number of aromatic nitrogens is 2. The van der Waals surface area contributed by atoms with Crippen LogP contribution in [0, 0.1) is 24.3 Å². The van der Waals surface area contributed by atoms with E-state index in [0.29, 0.717) is 43.0 Å². The molecule has 1 aliphatic rings. The Bertz CT molecular complexity index is 1110. The van der Waals surface area contributed by atoms with Crippen molar-refractivity contribution in [2.75, 3.05) is 39.5 Å². The summed E-state index contributed by atoms with van der Waals surface area (Å²) in [6.07, 6.45) is 0.0445.